The molecule has 0 fully saturated rings. The number of amides is 1. The SMILES string of the molecule is COc1cc(OC)c(/C=N\NC(=O)c2cccc(Cn3cccn3)c2)cc1Br. The molecule has 0 atom stereocenters. The van der Waals surface area contributed by atoms with E-state index in [4.69, 9.17) is 9.47 Å². The number of hydrazone groups is 1. The minimum atomic E-state index is -0.301. The Labute approximate surface area is 171 Å². The largest absolute Gasteiger partial charge is 0.496 e. The molecule has 0 saturated heterocycles. The first kappa shape index (κ1) is 19.6. The Bertz CT molecular complexity index is 987. The molecule has 3 rings (SSSR count). The van der Waals surface area contributed by atoms with Gasteiger partial charge in [-0.2, -0.15) is 10.2 Å². The van der Waals surface area contributed by atoms with Crippen LogP contribution in [0.5, 0.6) is 11.5 Å². The molecule has 28 heavy (non-hydrogen) atoms. The lowest BCUT2D eigenvalue weighted by molar-refractivity contribution is 0.0955. The fourth-order valence-corrected chi connectivity index (χ4v) is 3.12. The summed E-state index contributed by atoms with van der Waals surface area (Å²) in [5, 5.41) is 8.22. The summed E-state index contributed by atoms with van der Waals surface area (Å²) >= 11 is 3.42. The third-order valence-corrected chi connectivity index (χ3v) is 4.59. The Morgan fingerprint density at radius 1 is 1.21 bits per heavy atom. The van der Waals surface area contributed by atoms with Crippen LogP contribution in [0.3, 0.4) is 0 Å². The second-order valence-electron chi connectivity index (χ2n) is 5.83. The second kappa shape index (κ2) is 9.18. The van der Waals surface area contributed by atoms with Crippen molar-refractivity contribution in [3.05, 3.63) is 76.0 Å². The molecule has 0 aliphatic carbocycles. The third kappa shape index (κ3) is 4.77. The van der Waals surface area contributed by atoms with Crippen molar-refractivity contribution in [3.63, 3.8) is 0 Å². The average molecular weight is 443 g/mol. The van der Waals surface area contributed by atoms with Gasteiger partial charge in [0, 0.05) is 29.6 Å². The van der Waals surface area contributed by atoms with Crippen LogP contribution < -0.4 is 14.9 Å². The van der Waals surface area contributed by atoms with Crippen LogP contribution in [0.1, 0.15) is 21.5 Å². The van der Waals surface area contributed by atoms with Gasteiger partial charge >= 0.3 is 0 Å². The fourth-order valence-electron chi connectivity index (χ4n) is 2.60. The molecule has 7 nitrogen and oxygen atoms in total. The van der Waals surface area contributed by atoms with Gasteiger partial charge in [-0.1, -0.05) is 12.1 Å². The maximum atomic E-state index is 12.4. The lowest BCUT2D eigenvalue weighted by atomic mass is 10.1. The molecule has 0 unspecified atom stereocenters. The highest BCUT2D eigenvalue weighted by Gasteiger charge is 2.09. The number of rotatable bonds is 7. The summed E-state index contributed by atoms with van der Waals surface area (Å²) in [4.78, 5) is 12.4. The summed E-state index contributed by atoms with van der Waals surface area (Å²) in [6.07, 6.45) is 5.11. The average Bonchev–Trinajstić information content (AvgIpc) is 3.21. The first-order valence-corrected chi connectivity index (χ1v) is 9.21. The van der Waals surface area contributed by atoms with Gasteiger partial charge in [-0.3, -0.25) is 9.48 Å². The summed E-state index contributed by atoms with van der Waals surface area (Å²) in [5.74, 6) is 0.927. The van der Waals surface area contributed by atoms with E-state index in [1.165, 1.54) is 6.21 Å². The Morgan fingerprint density at radius 3 is 2.75 bits per heavy atom. The number of hydrogen-bond donors (Lipinski definition) is 1. The Morgan fingerprint density at radius 2 is 2.04 bits per heavy atom. The monoisotopic (exact) mass is 442 g/mol. The van der Waals surface area contributed by atoms with Gasteiger partial charge in [-0.15, -0.1) is 0 Å². The summed E-state index contributed by atoms with van der Waals surface area (Å²) < 4.78 is 13.1. The van der Waals surface area contributed by atoms with Gasteiger partial charge in [0.2, 0.25) is 0 Å². The van der Waals surface area contributed by atoms with E-state index in [9.17, 15) is 4.79 Å². The van der Waals surface area contributed by atoms with Crippen LogP contribution in [0.15, 0.2) is 64.4 Å². The smallest absolute Gasteiger partial charge is 0.271 e. The third-order valence-electron chi connectivity index (χ3n) is 3.97. The number of carbonyl (C=O) groups excluding carboxylic acids is 1. The van der Waals surface area contributed by atoms with Crippen molar-refractivity contribution in [2.75, 3.05) is 14.2 Å². The molecule has 0 spiro atoms. The molecule has 2 aromatic carbocycles. The van der Waals surface area contributed by atoms with E-state index < -0.39 is 0 Å². The minimum Gasteiger partial charge on any atom is -0.496 e. The molecule has 0 radical (unpaired) electrons. The number of aromatic nitrogens is 2. The highest BCUT2D eigenvalue weighted by atomic mass is 79.9. The van der Waals surface area contributed by atoms with Gasteiger partial charge in [-0.05, 0) is 45.8 Å². The van der Waals surface area contributed by atoms with Crippen LogP contribution in [0.2, 0.25) is 0 Å². The topological polar surface area (TPSA) is 77.7 Å². The molecule has 0 saturated carbocycles. The van der Waals surface area contributed by atoms with Gasteiger partial charge in [-0.25, -0.2) is 5.43 Å². The van der Waals surface area contributed by atoms with Crippen molar-refractivity contribution >= 4 is 28.1 Å². The quantitative estimate of drug-likeness (QED) is 0.448. The maximum Gasteiger partial charge on any atom is 0.271 e. The highest BCUT2D eigenvalue weighted by Crippen LogP contribution is 2.31. The minimum absolute atomic E-state index is 0.301. The van der Waals surface area contributed by atoms with Crippen molar-refractivity contribution in [2.45, 2.75) is 6.54 Å². The first-order chi connectivity index (χ1) is 13.6. The van der Waals surface area contributed by atoms with E-state index in [0.29, 0.717) is 29.2 Å². The Balaban J connectivity index is 1.69. The molecule has 1 aromatic heterocycles. The van der Waals surface area contributed by atoms with Crippen LogP contribution in [-0.2, 0) is 6.54 Å². The second-order valence-corrected chi connectivity index (χ2v) is 6.69. The molecule has 3 aromatic rings. The number of nitrogens with one attached hydrogen (secondary N) is 1. The molecule has 8 heteroatoms. The number of hydrogen-bond acceptors (Lipinski definition) is 5. The zero-order valence-corrected chi connectivity index (χ0v) is 17.0. The standard InChI is InChI=1S/C20H19BrN4O3/c1-27-18-11-19(28-2)17(21)10-16(18)12-22-24-20(26)15-6-3-5-14(9-15)13-25-8-4-7-23-25/h3-12H,13H2,1-2H3,(H,24,26)/b22-12-. The predicted octanol–water partition coefficient (Wildman–Crippen LogP) is 3.48. The molecular formula is C20H19BrN4O3. The number of ether oxygens (including phenoxy) is 2. The van der Waals surface area contributed by atoms with E-state index in [1.807, 2.05) is 30.5 Å². The van der Waals surface area contributed by atoms with Crippen LogP contribution in [-0.4, -0.2) is 36.1 Å². The number of benzene rings is 2. The van der Waals surface area contributed by atoms with E-state index in [2.05, 4.69) is 31.6 Å². The van der Waals surface area contributed by atoms with E-state index in [0.717, 1.165) is 10.0 Å². The lowest BCUT2D eigenvalue weighted by Gasteiger charge is -2.09. The molecule has 1 heterocycles. The number of carbonyl (C=O) groups is 1. The van der Waals surface area contributed by atoms with Crippen molar-refractivity contribution in [3.8, 4) is 11.5 Å². The normalized spacial score (nSPS) is 10.8. The highest BCUT2D eigenvalue weighted by molar-refractivity contribution is 9.10. The van der Waals surface area contributed by atoms with Gasteiger partial charge in [0.25, 0.3) is 5.91 Å². The molecule has 0 aliphatic heterocycles. The van der Waals surface area contributed by atoms with Crippen LogP contribution in [0.4, 0.5) is 0 Å². The summed E-state index contributed by atoms with van der Waals surface area (Å²) in [6.45, 7) is 0.592. The van der Waals surface area contributed by atoms with Crippen molar-refractivity contribution in [1.29, 1.82) is 0 Å². The zero-order chi connectivity index (χ0) is 19.9. The van der Waals surface area contributed by atoms with Crippen LogP contribution in [0.25, 0.3) is 0 Å². The maximum absolute atomic E-state index is 12.4. The van der Waals surface area contributed by atoms with E-state index in [1.54, 1.807) is 43.3 Å². The molecule has 1 amide bonds. The summed E-state index contributed by atoms with van der Waals surface area (Å²) in [7, 11) is 3.14. The van der Waals surface area contributed by atoms with Gasteiger partial charge in [0.05, 0.1) is 31.5 Å². The van der Waals surface area contributed by atoms with Crippen LogP contribution >= 0.6 is 15.9 Å². The van der Waals surface area contributed by atoms with Gasteiger partial charge < -0.3 is 9.47 Å². The van der Waals surface area contributed by atoms with Crippen molar-refractivity contribution < 1.29 is 14.3 Å². The molecule has 1 N–H and O–H groups in total. The number of nitrogens with zero attached hydrogens (tertiary/aromatic N) is 3. The molecule has 144 valence electrons. The van der Waals surface area contributed by atoms with Gasteiger partial charge in [0.15, 0.2) is 0 Å². The molecule has 0 bridgehead atoms. The summed E-state index contributed by atoms with van der Waals surface area (Å²) in [6, 6.07) is 12.7. The van der Waals surface area contributed by atoms with Gasteiger partial charge in [0.1, 0.15) is 11.5 Å². The van der Waals surface area contributed by atoms with Crippen molar-refractivity contribution in [2.24, 2.45) is 5.10 Å². The number of methoxy groups -OCH3 is 2. The van der Waals surface area contributed by atoms with E-state index >= 15 is 0 Å². The predicted molar refractivity (Wildman–Crippen MR) is 110 cm³/mol. The molecule has 0 aliphatic rings. The fraction of sp³-hybridized carbons (Fsp3) is 0.150. The lowest BCUT2D eigenvalue weighted by Crippen LogP contribution is -2.18. The number of halogens is 1. The summed E-state index contributed by atoms with van der Waals surface area (Å²) in [5.41, 5.74) is 4.73. The van der Waals surface area contributed by atoms with Crippen LogP contribution in [0, 0.1) is 0 Å². The first-order valence-electron chi connectivity index (χ1n) is 8.42. The Hall–Kier alpha value is -3.13. The Kier molecular flexibility index (Phi) is 6.44. The zero-order valence-electron chi connectivity index (χ0n) is 15.4. The van der Waals surface area contributed by atoms with Crippen molar-refractivity contribution in [1.82, 2.24) is 15.2 Å². The van der Waals surface area contributed by atoms with E-state index in [-0.39, 0.29) is 5.91 Å². The molecular weight excluding hydrogens is 424 g/mol.